The van der Waals surface area contributed by atoms with Gasteiger partial charge >= 0.3 is 0 Å². The van der Waals surface area contributed by atoms with Crippen molar-refractivity contribution < 1.29 is 4.39 Å². The van der Waals surface area contributed by atoms with E-state index in [1.54, 1.807) is 6.20 Å². The average molecular weight is 393 g/mol. The fourth-order valence-corrected chi connectivity index (χ4v) is 3.29. The minimum atomic E-state index is -0.491. The van der Waals surface area contributed by atoms with Crippen LogP contribution in [0.3, 0.4) is 0 Å². The quantitative estimate of drug-likeness (QED) is 0.406. The van der Waals surface area contributed by atoms with Crippen molar-refractivity contribution in [1.29, 1.82) is 0 Å². The second-order valence-electron chi connectivity index (χ2n) is 6.42. The van der Waals surface area contributed by atoms with Gasteiger partial charge in [0.15, 0.2) is 5.82 Å². The maximum absolute atomic E-state index is 13.9. The minimum Gasteiger partial charge on any atom is -0.381 e. The Hall–Kier alpha value is -3.45. The molecule has 0 saturated heterocycles. The topological polar surface area (TPSA) is 82.3 Å². The fourth-order valence-electron chi connectivity index (χ4n) is 3.13. The summed E-state index contributed by atoms with van der Waals surface area (Å²) in [5.41, 5.74) is 4.91. The van der Waals surface area contributed by atoms with Crippen molar-refractivity contribution in [3.63, 3.8) is 0 Å². The number of nitrogens with one attached hydrogen (secondary N) is 3. The zero-order chi connectivity index (χ0) is 19.1. The third kappa shape index (κ3) is 2.95. The van der Waals surface area contributed by atoms with Gasteiger partial charge in [-0.1, -0.05) is 17.7 Å². The lowest BCUT2D eigenvalue weighted by Gasteiger charge is -2.05. The van der Waals surface area contributed by atoms with Gasteiger partial charge in [0.1, 0.15) is 11.5 Å². The number of hydrogen-bond donors (Lipinski definition) is 3. The van der Waals surface area contributed by atoms with Crippen LogP contribution in [0.1, 0.15) is 5.56 Å². The van der Waals surface area contributed by atoms with E-state index in [0.29, 0.717) is 29.0 Å². The predicted octanol–water partition coefficient (Wildman–Crippen LogP) is 4.91. The summed E-state index contributed by atoms with van der Waals surface area (Å²) >= 11 is 5.84. The third-order valence-corrected chi connectivity index (χ3v) is 4.82. The van der Waals surface area contributed by atoms with Crippen molar-refractivity contribution in [2.75, 3.05) is 5.32 Å². The number of rotatable bonds is 4. The molecule has 0 bridgehead atoms. The molecule has 0 spiro atoms. The van der Waals surface area contributed by atoms with E-state index in [1.165, 1.54) is 12.1 Å². The molecule has 0 aliphatic carbocycles. The van der Waals surface area contributed by atoms with Crippen molar-refractivity contribution in [3.05, 3.63) is 71.3 Å². The Kier molecular flexibility index (Phi) is 3.95. The molecule has 5 aromatic rings. The molecule has 6 nitrogen and oxygen atoms in total. The highest BCUT2D eigenvalue weighted by Gasteiger charge is 2.15. The highest BCUT2D eigenvalue weighted by atomic mass is 35.5. The van der Waals surface area contributed by atoms with Gasteiger partial charge in [-0.3, -0.25) is 10.1 Å². The van der Waals surface area contributed by atoms with Gasteiger partial charge in [0.25, 0.3) is 0 Å². The molecule has 0 unspecified atom stereocenters. The maximum atomic E-state index is 13.9. The molecule has 3 aromatic heterocycles. The summed E-state index contributed by atoms with van der Waals surface area (Å²) in [5, 5.41) is 11.2. The molecule has 8 heteroatoms. The molecule has 0 fully saturated rings. The second kappa shape index (κ2) is 6.61. The molecule has 0 aliphatic heterocycles. The lowest BCUT2D eigenvalue weighted by Crippen LogP contribution is -1.99. The first-order chi connectivity index (χ1) is 13.7. The van der Waals surface area contributed by atoms with E-state index in [1.807, 2.05) is 36.5 Å². The molecule has 2 aromatic carbocycles. The molecule has 0 saturated carbocycles. The zero-order valence-corrected chi connectivity index (χ0v) is 15.3. The monoisotopic (exact) mass is 392 g/mol. The van der Waals surface area contributed by atoms with E-state index < -0.39 is 5.82 Å². The Morgan fingerprint density at radius 2 is 2.04 bits per heavy atom. The van der Waals surface area contributed by atoms with Crippen LogP contribution in [-0.2, 0) is 6.54 Å². The molecule has 0 atom stereocenters. The average Bonchev–Trinajstić information content (AvgIpc) is 3.30. The van der Waals surface area contributed by atoms with Gasteiger partial charge in [-0.05, 0) is 42.0 Å². The number of fused-ring (bicyclic) bond motifs is 2. The SMILES string of the molecule is Fc1cc2c(-c3nc4ccc(NCc5cccnc5)cc4[nH]3)n[nH]c2cc1Cl. The normalized spacial score (nSPS) is 11.4. The number of hydrogen-bond acceptors (Lipinski definition) is 4. The Morgan fingerprint density at radius 1 is 1.11 bits per heavy atom. The van der Waals surface area contributed by atoms with Crippen molar-refractivity contribution in [2.45, 2.75) is 6.54 Å². The lowest BCUT2D eigenvalue weighted by molar-refractivity contribution is 0.630. The van der Waals surface area contributed by atoms with E-state index in [-0.39, 0.29) is 5.02 Å². The van der Waals surface area contributed by atoms with Crippen molar-refractivity contribution >= 4 is 39.2 Å². The van der Waals surface area contributed by atoms with Crippen LogP contribution in [-0.4, -0.2) is 25.1 Å². The summed E-state index contributed by atoms with van der Waals surface area (Å²) in [5.74, 6) is 0.0715. The number of imidazole rings is 1. The third-order valence-electron chi connectivity index (χ3n) is 4.53. The molecular formula is C20H14ClFN6. The predicted molar refractivity (Wildman–Crippen MR) is 108 cm³/mol. The van der Waals surface area contributed by atoms with Crippen molar-refractivity contribution in [2.24, 2.45) is 0 Å². The van der Waals surface area contributed by atoms with Gasteiger partial charge in [-0.25, -0.2) is 9.37 Å². The van der Waals surface area contributed by atoms with Crippen LogP contribution in [0.2, 0.25) is 5.02 Å². The molecule has 138 valence electrons. The Balaban J connectivity index is 1.48. The largest absolute Gasteiger partial charge is 0.381 e. The summed E-state index contributed by atoms with van der Waals surface area (Å²) in [7, 11) is 0. The molecule has 3 heterocycles. The van der Waals surface area contributed by atoms with Crippen LogP contribution >= 0.6 is 11.6 Å². The first-order valence-corrected chi connectivity index (χ1v) is 9.01. The number of pyridine rings is 1. The molecule has 0 amide bonds. The first-order valence-electron chi connectivity index (χ1n) is 8.63. The molecule has 5 rings (SSSR count). The number of anilines is 1. The highest BCUT2D eigenvalue weighted by Crippen LogP contribution is 2.30. The smallest absolute Gasteiger partial charge is 0.159 e. The van der Waals surface area contributed by atoms with Crippen LogP contribution in [0.15, 0.2) is 54.9 Å². The number of H-pyrrole nitrogens is 2. The van der Waals surface area contributed by atoms with E-state index in [2.05, 4.69) is 30.5 Å². The Morgan fingerprint density at radius 3 is 2.89 bits per heavy atom. The van der Waals surface area contributed by atoms with Gasteiger partial charge in [0, 0.05) is 30.0 Å². The number of benzene rings is 2. The summed E-state index contributed by atoms with van der Waals surface area (Å²) in [4.78, 5) is 12.0. The van der Waals surface area contributed by atoms with E-state index >= 15 is 0 Å². The molecular weight excluding hydrogens is 379 g/mol. The highest BCUT2D eigenvalue weighted by molar-refractivity contribution is 6.31. The van der Waals surface area contributed by atoms with E-state index in [9.17, 15) is 4.39 Å². The maximum Gasteiger partial charge on any atom is 0.159 e. The standard InChI is InChI=1S/C20H14ClFN6/c21-14-8-17-13(7-15(14)22)19(28-27-17)20-25-16-4-3-12(6-18(16)26-20)24-10-11-2-1-5-23-9-11/h1-9,24H,10H2,(H,25,26)(H,27,28). The van der Waals surface area contributed by atoms with Crippen molar-refractivity contribution in [1.82, 2.24) is 25.1 Å². The van der Waals surface area contributed by atoms with Crippen LogP contribution < -0.4 is 5.32 Å². The van der Waals surface area contributed by atoms with Crippen LogP contribution in [0, 0.1) is 5.82 Å². The summed E-state index contributed by atoms with van der Waals surface area (Å²) < 4.78 is 13.9. The Labute approximate surface area is 163 Å². The lowest BCUT2D eigenvalue weighted by atomic mass is 10.2. The number of nitrogens with zero attached hydrogens (tertiary/aromatic N) is 3. The summed E-state index contributed by atoms with van der Waals surface area (Å²) in [6, 6.07) is 12.7. The fraction of sp³-hybridized carbons (Fsp3) is 0.0500. The zero-order valence-electron chi connectivity index (χ0n) is 14.5. The van der Waals surface area contributed by atoms with Gasteiger partial charge < -0.3 is 10.3 Å². The van der Waals surface area contributed by atoms with Crippen molar-refractivity contribution in [3.8, 4) is 11.5 Å². The van der Waals surface area contributed by atoms with E-state index in [0.717, 1.165) is 22.3 Å². The van der Waals surface area contributed by atoms with Crippen LogP contribution in [0.5, 0.6) is 0 Å². The molecule has 3 N–H and O–H groups in total. The van der Waals surface area contributed by atoms with Gasteiger partial charge in [0.2, 0.25) is 0 Å². The van der Waals surface area contributed by atoms with Gasteiger partial charge in [-0.15, -0.1) is 0 Å². The summed E-state index contributed by atoms with van der Waals surface area (Å²) in [6.07, 6.45) is 3.58. The number of aromatic amines is 2. The molecule has 28 heavy (non-hydrogen) atoms. The minimum absolute atomic E-state index is 0.0524. The molecule has 0 aliphatic rings. The number of aromatic nitrogens is 5. The Bertz CT molecular complexity index is 1290. The van der Waals surface area contributed by atoms with Gasteiger partial charge in [0.05, 0.1) is 21.6 Å². The second-order valence-corrected chi connectivity index (χ2v) is 6.82. The first kappa shape index (κ1) is 16.7. The summed E-state index contributed by atoms with van der Waals surface area (Å²) in [6.45, 7) is 0.671. The molecule has 0 radical (unpaired) electrons. The van der Waals surface area contributed by atoms with Crippen LogP contribution in [0.25, 0.3) is 33.5 Å². The number of halogens is 2. The van der Waals surface area contributed by atoms with Gasteiger partial charge in [-0.2, -0.15) is 5.10 Å². The van der Waals surface area contributed by atoms with Crippen LogP contribution in [0.4, 0.5) is 10.1 Å². The van der Waals surface area contributed by atoms with E-state index in [4.69, 9.17) is 11.6 Å².